The standard InChI is InChI=1S/C12H18N4O2S/c1-11(2)9-7(4-3-5-18-9)12(11,13)10(17)15-8-6-14-16-19-8/h6-7,9H,3-5,13H2,1-2H3,(H,15,17). The smallest absolute Gasteiger partial charge is 0.246 e. The third kappa shape index (κ3) is 1.65. The van der Waals surface area contributed by atoms with Crippen LogP contribution in [0.1, 0.15) is 26.7 Å². The average Bonchev–Trinajstić information content (AvgIpc) is 2.90. The quantitative estimate of drug-likeness (QED) is 0.845. The molecule has 1 saturated carbocycles. The molecule has 2 aliphatic rings. The van der Waals surface area contributed by atoms with Gasteiger partial charge in [0.2, 0.25) is 5.91 Å². The summed E-state index contributed by atoms with van der Waals surface area (Å²) in [5.41, 5.74) is 5.22. The molecule has 2 fully saturated rings. The van der Waals surface area contributed by atoms with Gasteiger partial charge in [-0.1, -0.05) is 18.3 Å². The van der Waals surface area contributed by atoms with Crippen molar-refractivity contribution in [3.8, 4) is 0 Å². The Hall–Kier alpha value is -1.05. The third-order valence-electron chi connectivity index (χ3n) is 4.66. The molecule has 1 aromatic heterocycles. The number of amides is 1. The minimum atomic E-state index is -0.887. The van der Waals surface area contributed by atoms with Crippen LogP contribution in [0.5, 0.6) is 0 Å². The second kappa shape index (κ2) is 4.22. The lowest BCUT2D eigenvalue weighted by atomic mass is 9.46. The second-order valence-corrected chi connectivity index (χ2v) is 6.65. The zero-order valence-corrected chi connectivity index (χ0v) is 11.9. The SMILES string of the molecule is CC1(C)C2OCCCC2C1(N)C(=O)Nc1cnns1. The lowest BCUT2D eigenvalue weighted by molar-refractivity contribution is -0.222. The van der Waals surface area contributed by atoms with E-state index in [4.69, 9.17) is 10.5 Å². The molecule has 1 saturated heterocycles. The molecule has 0 aromatic carbocycles. The van der Waals surface area contributed by atoms with E-state index < -0.39 is 5.54 Å². The van der Waals surface area contributed by atoms with Gasteiger partial charge in [-0.25, -0.2) is 0 Å². The Morgan fingerprint density at radius 2 is 2.42 bits per heavy atom. The van der Waals surface area contributed by atoms with Crippen molar-refractivity contribution in [3.05, 3.63) is 6.20 Å². The number of carbonyl (C=O) groups is 1. The van der Waals surface area contributed by atoms with Crippen LogP contribution in [-0.2, 0) is 9.53 Å². The first kappa shape index (κ1) is 13.0. The molecule has 1 aliphatic heterocycles. The highest BCUT2D eigenvalue weighted by Gasteiger charge is 2.70. The summed E-state index contributed by atoms with van der Waals surface area (Å²) in [5.74, 6) is -0.0626. The van der Waals surface area contributed by atoms with Crippen LogP contribution < -0.4 is 11.1 Å². The Bertz CT molecular complexity index is 490. The maximum absolute atomic E-state index is 12.5. The minimum absolute atomic E-state index is 0.0802. The number of carbonyl (C=O) groups excluding carboxylic acids is 1. The van der Waals surface area contributed by atoms with Crippen molar-refractivity contribution in [2.24, 2.45) is 17.1 Å². The zero-order chi connectivity index (χ0) is 13.7. The number of nitrogens with two attached hydrogens (primary N) is 1. The Balaban J connectivity index is 1.83. The molecule has 0 spiro atoms. The summed E-state index contributed by atoms with van der Waals surface area (Å²) < 4.78 is 9.52. The molecule has 0 radical (unpaired) electrons. The van der Waals surface area contributed by atoms with E-state index in [1.165, 1.54) is 6.20 Å². The highest BCUT2D eigenvalue weighted by molar-refractivity contribution is 7.10. The largest absolute Gasteiger partial charge is 0.377 e. The Labute approximate surface area is 115 Å². The van der Waals surface area contributed by atoms with Gasteiger partial charge >= 0.3 is 0 Å². The van der Waals surface area contributed by atoms with E-state index in [1.807, 2.05) is 13.8 Å². The van der Waals surface area contributed by atoms with E-state index in [1.54, 1.807) is 0 Å². The van der Waals surface area contributed by atoms with Crippen LogP contribution in [0, 0.1) is 11.3 Å². The molecule has 6 nitrogen and oxygen atoms in total. The molecule has 19 heavy (non-hydrogen) atoms. The van der Waals surface area contributed by atoms with Crippen LogP contribution in [0.2, 0.25) is 0 Å². The first-order valence-electron chi connectivity index (χ1n) is 6.47. The van der Waals surface area contributed by atoms with Crippen molar-refractivity contribution in [2.75, 3.05) is 11.9 Å². The third-order valence-corrected chi connectivity index (χ3v) is 5.24. The van der Waals surface area contributed by atoms with Crippen molar-refractivity contribution in [3.63, 3.8) is 0 Å². The van der Waals surface area contributed by atoms with Crippen LogP contribution in [0.25, 0.3) is 0 Å². The number of nitrogens with zero attached hydrogens (tertiary/aromatic N) is 2. The molecule has 3 rings (SSSR count). The molecule has 2 heterocycles. The number of rotatable bonds is 2. The predicted octanol–water partition coefficient (Wildman–Crippen LogP) is 1.01. The first-order valence-corrected chi connectivity index (χ1v) is 7.24. The van der Waals surface area contributed by atoms with E-state index in [0.717, 1.165) is 31.0 Å². The minimum Gasteiger partial charge on any atom is -0.377 e. The van der Waals surface area contributed by atoms with E-state index in [2.05, 4.69) is 14.9 Å². The van der Waals surface area contributed by atoms with E-state index in [9.17, 15) is 4.79 Å². The van der Waals surface area contributed by atoms with E-state index in [0.29, 0.717) is 5.00 Å². The lowest BCUT2D eigenvalue weighted by Gasteiger charge is -2.65. The van der Waals surface area contributed by atoms with Crippen LogP contribution in [-0.4, -0.2) is 33.7 Å². The highest BCUT2D eigenvalue weighted by Crippen LogP contribution is 2.57. The van der Waals surface area contributed by atoms with Gasteiger partial charge in [-0.2, -0.15) is 0 Å². The fourth-order valence-corrected chi connectivity index (χ4v) is 3.89. The average molecular weight is 282 g/mol. The summed E-state index contributed by atoms with van der Waals surface area (Å²) in [4.78, 5) is 12.5. The van der Waals surface area contributed by atoms with Gasteiger partial charge in [0, 0.05) is 29.5 Å². The molecule has 1 aliphatic carbocycles. The van der Waals surface area contributed by atoms with Crippen LogP contribution in [0.4, 0.5) is 5.00 Å². The van der Waals surface area contributed by atoms with Gasteiger partial charge < -0.3 is 15.8 Å². The Morgan fingerprint density at radius 1 is 1.63 bits per heavy atom. The summed E-state index contributed by atoms with van der Waals surface area (Å²) in [5, 5.41) is 7.16. The molecule has 1 amide bonds. The van der Waals surface area contributed by atoms with Gasteiger partial charge in [-0.15, -0.1) is 5.10 Å². The molecule has 0 bridgehead atoms. The summed E-state index contributed by atoms with van der Waals surface area (Å²) >= 11 is 1.15. The zero-order valence-electron chi connectivity index (χ0n) is 11.0. The maximum atomic E-state index is 12.5. The number of aromatic nitrogens is 2. The number of fused-ring (bicyclic) bond motifs is 1. The first-order chi connectivity index (χ1) is 8.98. The van der Waals surface area contributed by atoms with E-state index in [-0.39, 0.29) is 23.3 Å². The van der Waals surface area contributed by atoms with Crippen molar-refractivity contribution < 1.29 is 9.53 Å². The summed E-state index contributed by atoms with van der Waals surface area (Å²) in [7, 11) is 0. The molecular formula is C12H18N4O2S. The number of ether oxygens (including phenoxy) is 1. The number of anilines is 1. The fourth-order valence-electron chi connectivity index (χ4n) is 3.47. The molecular weight excluding hydrogens is 264 g/mol. The fraction of sp³-hybridized carbons (Fsp3) is 0.750. The van der Waals surface area contributed by atoms with Gasteiger partial charge in [0.1, 0.15) is 10.5 Å². The van der Waals surface area contributed by atoms with Gasteiger partial charge in [-0.3, -0.25) is 4.79 Å². The Kier molecular flexibility index (Phi) is 2.88. The van der Waals surface area contributed by atoms with Crippen LogP contribution in [0.3, 0.4) is 0 Å². The van der Waals surface area contributed by atoms with Crippen molar-refractivity contribution in [1.82, 2.24) is 9.59 Å². The summed E-state index contributed by atoms with van der Waals surface area (Å²) in [6, 6.07) is 0. The normalized spacial score (nSPS) is 36.2. The van der Waals surface area contributed by atoms with Crippen LogP contribution in [0.15, 0.2) is 6.20 Å². The van der Waals surface area contributed by atoms with Gasteiger partial charge in [-0.05, 0) is 12.8 Å². The van der Waals surface area contributed by atoms with Gasteiger partial charge in [0.25, 0.3) is 0 Å². The number of nitrogens with one attached hydrogen (secondary N) is 1. The highest BCUT2D eigenvalue weighted by atomic mass is 32.1. The van der Waals surface area contributed by atoms with Crippen molar-refractivity contribution in [2.45, 2.75) is 38.3 Å². The topological polar surface area (TPSA) is 90.1 Å². The van der Waals surface area contributed by atoms with Gasteiger partial charge in [0.15, 0.2) is 0 Å². The van der Waals surface area contributed by atoms with Gasteiger partial charge in [0.05, 0.1) is 12.3 Å². The van der Waals surface area contributed by atoms with Crippen LogP contribution >= 0.6 is 11.5 Å². The summed E-state index contributed by atoms with van der Waals surface area (Å²) in [6.07, 6.45) is 3.52. The monoisotopic (exact) mass is 282 g/mol. The number of hydrogen-bond acceptors (Lipinski definition) is 6. The maximum Gasteiger partial charge on any atom is 0.246 e. The molecule has 1 aromatic rings. The van der Waals surface area contributed by atoms with Crippen molar-refractivity contribution in [1.29, 1.82) is 0 Å². The molecule has 3 N–H and O–H groups in total. The predicted molar refractivity (Wildman–Crippen MR) is 71.7 cm³/mol. The summed E-state index contributed by atoms with van der Waals surface area (Å²) in [6.45, 7) is 4.77. The Morgan fingerprint density at radius 3 is 3.11 bits per heavy atom. The molecule has 7 heteroatoms. The molecule has 104 valence electrons. The lowest BCUT2D eigenvalue weighted by Crippen LogP contribution is -2.81. The molecule has 3 atom stereocenters. The molecule has 3 unspecified atom stereocenters. The second-order valence-electron chi connectivity index (χ2n) is 5.87. The van der Waals surface area contributed by atoms with E-state index >= 15 is 0 Å². The number of hydrogen-bond donors (Lipinski definition) is 2. The van der Waals surface area contributed by atoms with Crippen molar-refractivity contribution >= 4 is 22.4 Å².